The Labute approximate surface area is 144 Å². The highest BCUT2D eigenvalue weighted by molar-refractivity contribution is 7.99. The van der Waals surface area contributed by atoms with E-state index >= 15 is 0 Å². The Morgan fingerprint density at radius 3 is 3.04 bits per heavy atom. The van der Waals surface area contributed by atoms with Crippen molar-refractivity contribution in [1.29, 1.82) is 0 Å². The summed E-state index contributed by atoms with van der Waals surface area (Å²) in [5.74, 6) is -0.128. The van der Waals surface area contributed by atoms with Crippen LogP contribution < -0.4 is 5.32 Å². The van der Waals surface area contributed by atoms with Gasteiger partial charge in [0, 0.05) is 29.4 Å². The van der Waals surface area contributed by atoms with Gasteiger partial charge in [0.1, 0.15) is 10.7 Å². The van der Waals surface area contributed by atoms with Crippen molar-refractivity contribution >= 4 is 50.7 Å². The summed E-state index contributed by atoms with van der Waals surface area (Å²) >= 11 is 8.75. The van der Waals surface area contributed by atoms with Gasteiger partial charge in [-0.2, -0.15) is 0 Å². The maximum absolute atomic E-state index is 13.8. The molecule has 1 aromatic carbocycles. The molecule has 0 unspecified atom stereocenters. The van der Waals surface area contributed by atoms with Crippen LogP contribution in [0, 0.1) is 5.82 Å². The van der Waals surface area contributed by atoms with E-state index in [4.69, 9.17) is 11.6 Å². The number of hydrogen-bond acceptors (Lipinski definition) is 6. The van der Waals surface area contributed by atoms with Gasteiger partial charge >= 0.3 is 0 Å². The van der Waals surface area contributed by atoms with Crippen LogP contribution in [0.4, 0.5) is 4.39 Å². The first-order valence-corrected chi connectivity index (χ1v) is 8.76. The molecule has 3 aromatic rings. The van der Waals surface area contributed by atoms with E-state index in [2.05, 4.69) is 20.8 Å². The van der Waals surface area contributed by atoms with Gasteiger partial charge in [-0.05, 0) is 22.6 Å². The van der Waals surface area contributed by atoms with Crippen LogP contribution in [0.1, 0.15) is 9.67 Å². The van der Waals surface area contributed by atoms with Crippen molar-refractivity contribution < 1.29 is 9.18 Å². The fourth-order valence-electron chi connectivity index (χ4n) is 1.95. The van der Waals surface area contributed by atoms with E-state index in [0.29, 0.717) is 32.4 Å². The molecule has 0 spiro atoms. The highest BCUT2D eigenvalue weighted by atomic mass is 35.5. The fraction of sp³-hybridized carbons (Fsp3) is 0.231. The number of aromatic nitrogens is 4. The molecule has 0 bridgehead atoms. The van der Waals surface area contributed by atoms with Crippen LogP contribution in [0.5, 0.6) is 0 Å². The Morgan fingerprint density at radius 2 is 2.35 bits per heavy atom. The molecule has 0 aliphatic heterocycles. The summed E-state index contributed by atoms with van der Waals surface area (Å²) in [5.41, 5.74) is 0. The fourth-order valence-corrected chi connectivity index (χ4v) is 4.13. The number of carbonyl (C=O) groups is 1. The number of hydrogen-bond donors (Lipinski definition) is 1. The van der Waals surface area contributed by atoms with Crippen LogP contribution in [0.2, 0.25) is 5.02 Å². The number of halogens is 2. The van der Waals surface area contributed by atoms with Gasteiger partial charge in [0.25, 0.3) is 5.91 Å². The number of rotatable bonds is 5. The molecule has 2 aromatic heterocycles. The SMILES string of the molecule is Cn1nnnc1SCCNC(=O)c1sc2cccc(F)c2c1Cl. The van der Waals surface area contributed by atoms with E-state index in [1.54, 1.807) is 23.9 Å². The van der Waals surface area contributed by atoms with Crippen LogP contribution in [0.15, 0.2) is 23.4 Å². The monoisotopic (exact) mass is 371 g/mol. The number of aryl methyl sites for hydroxylation is 1. The topological polar surface area (TPSA) is 72.7 Å². The van der Waals surface area contributed by atoms with Crippen molar-refractivity contribution in [3.05, 3.63) is 33.9 Å². The van der Waals surface area contributed by atoms with Gasteiger partial charge in [-0.1, -0.05) is 29.4 Å². The van der Waals surface area contributed by atoms with Gasteiger partial charge in [0.05, 0.1) is 5.02 Å². The standard InChI is InChI=1S/C13H11ClFN5OS2/c1-20-13(17-18-19-20)22-6-5-16-12(21)11-10(14)9-7(15)3-2-4-8(9)23-11/h2-4H,5-6H2,1H3,(H,16,21). The van der Waals surface area contributed by atoms with Crippen molar-refractivity contribution in [2.24, 2.45) is 7.05 Å². The summed E-state index contributed by atoms with van der Waals surface area (Å²) < 4.78 is 16.0. The van der Waals surface area contributed by atoms with Gasteiger partial charge in [-0.3, -0.25) is 4.79 Å². The van der Waals surface area contributed by atoms with Crippen LogP contribution in [0.25, 0.3) is 10.1 Å². The Bertz CT molecular complexity index is 865. The second-order valence-corrected chi connectivity index (χ2v) is 7.04. The van der Waals surface area contributed by atoms with Crippen molar-refractivity contribution in [3.8, 4) is 0 Å². The highest BCUT2D eigenvalue weighted by Gasteiger charge is 2.19. The predicted molar refractivity (Wildman–Crippen MR) is 88.6 cm³/mol. The van der Waals surface area contributed by atoms with Crippen molar-refractivity contribution in [3.63, 3.8) is 0 Å². The molecule has 2 heterocycles. The Morgan fingerprint density at radius 1 is 1.52 bits per heavy atom. The zero-order valence-corrected chi connectivity index (χ0v) is 14.3. The Balaban J connectivity index is 1.64. The maximum atomic E-state index is 13.8. The first-order valence-electron chi connectivity index (χ1n) is 6.58. The van der Waals surface area contributed by atoms with Crippen LogP contribution in [-0.4, -0.2) is 38.4 Å². The first kappa shape index (κ1) is 16.2. The summed E-state index contributed by atoms with van der Waals surface area (Å²) in [6, 6.07) is 4.66. The van der Waals surface area contributed by atoms with E-state index in [9.17, 15) is 9.18 Å². The molecule has 0 aliphatic rings. The average molecular weight is 372 g/mol. The van der Waals surface area contributed by atoms with E-state index in [1.165, 1.54) is 29.2 Å². The summed E-state index contributed by atoms with van der Waals surface area (Å²) in [6.07, 6.45) is 0. The van der Waals surface area contributed by atoms with Gasteiger partial charge < -0.3 is 5.32 Å². The molecule has 0 radical (unpaired) electrons. The molecule has 120 valence electrons. The number of nitrogens with one attached hydrogen (secondary N) is 1. The maximum Gasteiger partial charge on any atom is 0.262 e. The number of nitrogens with zero attached hydrogens (tertiary/aromatic N) is 4. The molecule has 1 amide bonds. The molecule has 0 saturated carbocycles. The molecule has 0 fully saturated rings. The third-order valence-corrected chi connectivity index (χ3v) is 5.67. The Kier molecular flexibility index (Phi) is 4.79. The molecular weight excluding hydrogens is 361 g/mol. The molecule has 23 heavy (non-hydrogen) atoms. The molecule has 1 N–H and O–H groups in total. The first-order chi connectivity index (χ1) is 11.1. The number of benzene rings is 1. The predicted octanol–water partition coefficient (Wildman–Crippen LogP) is 2.74. The van der Waals surface area contributed by atoms with E-state index in [0.717, 1.165) is 0 Å². The van der Waals surface area contributed by atoms with Crippen molar-refractivity contribution in [2.45, 2.75) is 5.16 Å². The van der Waals surface area contributed by atoms with Gasteiger partial charge in [0.15, 0.2) is 0 Å². The van der Waals surface area contributed by atoms with Gasteiger partial charge in [-0.15, -0.1) is 16.4 Å². The van der Waals surface area contributed by atoms with Crippen LogP contribution in [-0.2, 0) is 7.05 Å². The van der Waals surface area contributed by atoms with E-state index in [1.807, 2.05) is 0 Å². The van der Waals surface area contributed by atoms with Crippen LogP contribution >= 0.6 is 34.7 Å². The van der Waals surface area contributed by atoms with E-state index in [-0.39, 0.29) is 10.9 Å². The normalized spacial score (nSPS) is 11.1. The highest BCUT2D eigenvalue weighted by Crippen LogP contribution is 2.36. The van der Waals surface area contributed by atoms with Gasteiger partial charge in [-0.25, -0.2) is 9.07 Å². The molecule has 0 saturated heterocycles. The molecule has 6 nitrogen and oxygen atoms in total. The number of fused-ring (bicyclic) bond motifs is 1. The lowest BCUT2D eigenvalue weighted by atomic mass is 10.2. The molecule has 0 aliphatic carbocycles. The van der Waals surface area contributed by atoms with E-state index < -0.39 is 5.82 Å². The smallest absolute Gasteiger partial charge is 0.262 e. The summed E-state index contributed by atoms with van der Waals surface area (Å²) in [6.45, 7) is 0.420. The van der Waals surface area contributed by atoms with Crippen molar-refractivity contribution in [1.82, 2.24) is 25.5 Å². The lowest BCUT2D eigenvalue weighted by Crippen LogP contribution is -2.25. The number of carbonyl (C=O) groups excluding carboxylic acids is 1. The van der Waals surface area contributed by atoms with Crippen molar-refractivity contribution in [2.75, 3.05) is 12.3 Å². The summed E-state index contributed by atoms with van der Waals surface area (Å²) in [5, 5.41) is 15.0. The third kappa shape index (κ3) is 3.31. The number of thiophene rings is 1. The molecule has 3 rings (SSSR count). The number of amides is 1. The minimum atomic E-state index is -0.423. The van der Waals surface area contributed by atoms with Crippen LogP contribution in [0.3, 0.4) is 0 Å². The lowest BCUT2D eigenvalue weighted by Gasteiger charge is -2.03. The minimum Gasteiger partial charge on any atom is -0.350 e. The summed E-state index contributed by atoms with van der Waals surface area (Å²) in [7, 11) is 1.74. The molecule has 10 heteroatoms. The molecule has 0 atom stereocenters. The minimum absolute atomic E-state index is 0.158. The largest absolute Gasteiger partial charge is 0.350 e. The quantitative estimate of drug-likeness (QED) is 0.551. The Hall–Kier alpha value is -1.71. The third-order valence-electron chi connectivity index (χ3n) is 3.01. The second kappa shape index (κ2) is 6.81. The average Bonchev–Trinajstić information content (AvgIpc) is 3.08. The zero-order chi connectivity index (χ0) is 16.4. The molecular formula is C13H11ClFN5OS2. The zero-order valence-electron chi connectivity index (χ0n) is 11.9. The summed E-state index contributed by atoms with van der Waals surface area (Å²) in [4.78, 5) is 12.5. The number of tetrazole rings is 1. The van der Waals surface area contributed by atoms with Gasteiger partial charge in [0.2, 0.25) is 5.16 Å². The lowest BCUT2D eigenvalue weighted by molar-refractivity contribution is 0.0960. The second-order valence-electron chi connectivity index (χ2n) is 4.55. The number of thioether (sulfide) groups is 1.